The van der Waals surface area contributed by atoms with Crippen LogP contribution in [-0.4, -0.2) is 52.5 Å². The maximum absolute atomic E-state index is 9.84. The number of nitrogens with one attached hydrogen (secondary N) is 1. The molecule has 1 fully saturated rings. The largest absolute Gasteiger partial charge is 0.496 e. The predicted octanol–water partition coefficient (Wildman–Crippen LogP) is 4.85. The zero-order valence-corrected chi connectivity index (χ0v) is 21.6. The van der Waals surface area contributed by atoms with Gasteiger partial charge in [-0.25, -0.2) is 9.97 Å². The smallest absolute Gasteiger partial charge is 0.154 e. The Kier molecular flexibility index (Phi) is 7.28. The van der Waals surface area contributed by atoms with Gasteiger partial charge in [-0.2, -0.15) is 0 Å². The molecule has 1 aromatic carbocycles. The van der Waals surface area contributed by atoms with E-state index in [1.807, 2.05) is 19.3 Å². The lowest BCUT2D eigenvalue weighted by atomic mass is 9.89. The van der Waals surface area contributed by atoms with Gasteiger partial charge in [-0.1, -0.05) is 31.2 Å². The molecule has 2 N–H and O–H groups in total. The Hall–Kier alpha value is -3.32. The van der Waals surface area contributed by atoms with Crippen LogP contribution in [-0.2, 0) is 13.5 Å². The molecule has 1 saturated heterocycles. The summed E-state index contributed by atoms with van der Waals surface area (Å²) in [5.41, 5.74) is 5.57. The highest BCUT2D eigenvalue weighted by atomic mass is 16.5. The van der Waals surface area contributed by atoms with Crippen molar-refractivity contribution in [3.05, 3.63) is 65.7 Å². The van der Waals surface area contributed by atoms with E-state index in [2.05, 4.69) is 58.1 Å². The van der Waals surface area contributed by atoms with Gasteiger partial charge in [-0.05, 0) is 49.3 Å². The van der Waals surface area contributed by atoms with Crippen molar-refractivity contribution in [1.29, 1.82) is 0 Å². The molecule has 2 aromatic heterocycles. The van der Waals surface area contributed by atoms with Gasteiger partial charge >= 0.3 is 0 Å². The molecule has 190 valence electrons. The highest BCUT2D eigenvalue weighted by Gasteiger charge is 2.20. The van der Waals surface area contributed by atoms with Crippen molar-refractivity contribution in [2.75, 3.05) is 37.0 Å². The van der Waals surface area contributed by atoms with E-state index in [4.69, 9.17) is 14.7 Å². The Bertz CT molecular complexity index is 1270. The molecular weight excluding hydrogens is 450 g/mol. The molecule has 1 unspecified atom stereocenters. The molecule has 0 bridgehead atoms. The summed E-state index contributed by atoms with van der Waals surface area (Å²) in [6, 6.07) is 8.41. The average Bonchev–Trinajstić information content (AvgIpc) is 3.28. The number of allylic oxidation sites excluding steroid dienone is 3. The van der Waals surface area contributed by atoms with Gasteiger partial charge in [0.2, 0.25) is 0 Å². The normalized spacial score (nSPS) is 18.5. The fourth-order valence-electron chi connectivity index (χ4n) is 5.35. The number of ether oxygens (including phenoxy) is 1. The monoisotopic (exact) mass is 487 g/mol. The molecule has 0 radical (unpaired) electrons. The van der Waals surface area contributed by atoms with E-state index in [0.29, 0.717) is 12.3 Å². The van der Waals surface area contributed by atoms with Crippen LogP contribution in [0.25, 0.3) is 11.0 Å². The fourth-order valence-corrected chi connectivity index (χ4v) is 5.35. The van der Waals surface area contributed by atoms with E-state index in [0.717, 1.165) is 85.0 Å². The molecular formula is C29H37N5O2. The SMILES string of the molecule is CCC1CC=CC=C1CNc1nc(Cc2ccc(N3CCC(O)CC3)cc2OC)nc2ccn(C)c12. The van der Waals surface area contributed by atoms with Crippen LogP contribution in [0.5, 0.6) is 5.75 Å². The Labute approximate surface area is 213 Å². The van der Waals surface area contributed by atoms with E-state index < -0.39 is 0 Å². The third kappa shape index (κ3) is 5.12. The molecule has 0 saturated carbocycles. The molecule has 7 nitrogen and oxygen atoms in total. The summed E-state index contributed by atoms with van der Waals surface area (Å²) < 4.78 is 7.86. The van der Waals surface area contributed by atoms with Crippen LogP contribution in [0.1, 0.15) is 44.0 Å². The summed E-state index contributed by atoms with van der Waals surface area (Å²) in [7, 11) is 3.75. The lowest BCUT2D eigenvalue weighted by molar-refractivity contribution is 0.145. The van der Waals surface area contributed by atoms with Gasteiger partial charge in [0.1, 0.15) is 17.1 Å². The van der Waals surface area contributed by atoms with E-state index in [-0.39, 0.29) is 6.10 Å². The summed E-state index contributed by atoms with van der Waals surface area (Å²) in [6.07, 6.45) is 12.9. The number of nitrogens with zero attached hydrogens (tertiary/aromatic N) is 4. The van der Waals surface area contributed by atoms with E-state index in [9.17, 15) is 5.11 Å². The minimum atomic E-state index is -0.186. The maximum Gasteiger partial charge on any atom is 0.154 e. The van der Waals surface area contributed by atoms with Gasteiger partial charge in [0.25, 0.3) is 0 Å². The predicted molar refractivity (Wildman–Crippen MR) is 146 cm³/mol. The summed E-state index contributed by atoms with van der Waals surface area (Å²) in [6.45, 7) is 4.75. The third-order valence-electron chi connectivity index (χ3n) is 7.56. The van der Waals surface area contributed by atoms with Crippen molar-refractivity contribution in [2.24, 2.45) is 13.0 Å². The number of benzene rings is 1. The number of aliphatic hydroxyl groups excluding tert-OH is 1. The number of hydrogen-bond acceptors (Lipinski definition) is 6. The number of aryl methyl sites for hydroxylation is 1. The molecule has 3 heterocycles. The third-order valence-corrected chi connectivity index (χ3v) is 7.56. The van der Waals surface area contributed by atoms with Crippen LogP contribution in [0.3, 0.4) is 0 Å². The van der Waals surface area contributed by atoms with Crippen LogP contribution in [0.2, 0.25) is 0 Å². The molecule has 1 aliphatic heterocycles. The number of aliphatic hydroxyl groups is 1. The Morgan fingerprint density at radius 1 is 1.17 bits per heavy atom. The van der Waals surface area contributed by atoms with Crippen LogP contribution < -0.4 is 15.0 Å². The number of methoxy groups -OCH3 is 1. The molecule has 1 atom stereocenters. The second-order valence-corrected chi connectivity index (χ2v) is 9.90. The second kappa shape index (κ2) is 10.7. The van der Waals surface area contributed by atoms with Crippen molar-refractivity contribution in [3.63, 3.8) is 0 Å². The Morgan fingerprint density at radius 3 is 2.78 bits per heavy atom. The minimum Gasteiger partial charge on any atom is -0.496 e. The highest BCUT2D eigenvalue weighted by molar-refractivity contribution is 5.86. The summed E-state index contributed by atoms with van der Waals surface area (Å²) in [5.74, 6) is 3.07. The molecule has 0 amide bonds. The van der Waals surface area contributed by atoms with E-state index in [1.54, 1.807) is 7.11 Å². The summed E-state index contributed by atoms with van der Waals surface area (Å²) in [4.78, 5) is 12.2. The number of anilines is 2. The zero-order valence-electron chi connectivity index (χ0n) is 21.6. The van der Waals surface area contributed by atoms with Gasteiger partial charge in [0, 0.05) is 56.6 Å². The first-order valence-electron chi connectivity index (χ1n) is 13.1. The lowest BCUT2D eigenvalue weighted by Crippen LogP contribution is -2.35. The lowest BCUT2D eigenvalue weighted by Gasteiger charge is -2.31. The van der Waals surface area contributed by atoms with Gasteiger partial charge in [-0.15, -0.1) is 0 Å². The number of hydrogen-bond donors (Lipinski definition) is 2. The van der Waals surface area contributed by atoms with Crippen molar-refractivity contribution < 1.29 is 9.84 Å². The number of rotatable bonds is 8. The van der Waals surface area contributed by atoms with Crippen LogP contribution in [0.4, 0.5) is 11.5 Å². The standard InChI is InChI=1S/C29H37N5O2/c1-4-20-7-5-6-8-22(20)19-30-29-28-25(13-14-33(28)2)31-27(32-29)17-21-9-10-23(18-26(21)36-3)34-15-11-24(35)12-16-34/h5-6,8-10,13-14,18,20,24,35H,4,7,11-12,15-17,19H2,1-3H3,(H,30,31,32). The van der Waals surface area contributed by atoms with Crippen LogP contribution in [0.15, 0.2) is 54.3 Å². The summed E-state index contributed by atoms with van der Waals surface area (Å²) >= 11 is 0. The number of fused-ring (bicyclic) bond motifs is 1. The minimum absolute atomic E-state index is 0.186. The molecule has 36 heavy (non-hydrogen) atoms. The molecule has 3 aromatic rings. The van der Waals surface area contributed by atoms with Gasteiger partial charge in [-0.3, -0.25) is 0 Å². The Morgan fingerprint density at radius 2 is 2.00 bits per heavy atom. The first-order valence-corrected chi connectivity index (χ1v) is 13.1. The number of aromatic nitrogens is 3. The quantitative estimate of drug-likeness (QED) is 0.473. The van der Waals surface area contributed by atoms with Crippen molar-refractivity contribution >= 4 is 22.5 Å². The molecule has 1 aliphatic carbocycles. The molecule has 7 heteroatoms. The molecule has 5 rings (SSSR count). The van der Waals surface area contributed by atoms with E-state index in [1.165, 1.54) is 5.57 Å². The van der Waals surface area contributed by atoms with Gasteiger partial charge < -0.3 is 24.6 Å². The fraction of sp³-hybridized carbons (Fsp3) is 0.448. The highest BCUT2D eigenvalue weighted by Crippen LogP contribution is 2.30. The van der Waals surface area contributed by atoms with Crippen molar-refractivity contribution in [2.45, 2.75) is 45.1 Å². The summed E-state index contributed by atoms with van der Waals surface area (Å²) in [5, 5.41) is 13.5. The second-order valence-electron chi connectivity index (χ2n) is 9.90. The number of piperidine rings is 1. The van der Waals surface area contributed by atoms with Crippen LogP contribution in [0, 0.1) is 5.92 Å². The van der Waals surface area contributed by atoms with Gasteiger partial charge in [0.15, 0.2) is 5.82 Å². The zero-order chi connectivity index (χ0) is 25.1. The van der Waals surface area contributed by atoms with Crippen molar-refractivity contribution in [3.8, 4) is 5.75 Å². The van der Waals surface area contributed by atoms with Gasteiger partial charge in [0.05, 0.1) is 18.7 Å². The topological polar surface area (TPSA) is 75.4 Å². The average molecular weight is 488 g/mol. The van der Waals surface area contributed by atoms with Crippen molar-refractivity contribution in [1.82, 2.24) is 14.5 Å². The maximum atomic E-state index is 9.84. The molecule has 2 aliphatic rings. The molecule has 0 spiro atoms. The van der Waals surface area contributed by atoms with Crippen LogP contribution >= 0.6 is 0 Å². The Balaban J connectivity index is 1.39. The first kappa shape index (κ1) is 24.4. The van der Waals surface area contributed by atoms with E-state index >= 15 is 0 Å². The first-order chi connectivity index (χ1) is 17.6.